The molecule has 0 radical (unpaired) electrons. The average molecular weight is 178 g/mol. The number of esters is 1. The van der Waals surface area contributed by atoms with E-state index in [0.29, 0.717) is 0 Å². The fourth-order valence-corrected chi connectivity index (χ4v) is 0.831. The number of ether oxygens (including phenoxy) is 1. The fraction of sp³-hybridized carbons (Fsp3) is 0.182. The molecular weight excluding hydrogens is 164 g/mol. The second-order valence-electron chi connectivity index (χ2n) is 2.39. The van der Waals surface area contributed by atoms with Crippen LogP contribution < -0.4 is 0 Å². The Kier molecular flexibility index (Phi) is 5.28. The van der Waals surface area contributed by atoms with E-state index in [4.69, 9.17) is 4.74 Å². The van der Waals surface area contributed by atoms with Crippen LogP contribution >= 0.6 is 0 Å². The lowest BCUT2D eigenvalue weighted by Crippen LogP contribution is -2.21. The zero-order valence-corrected chi connectivity index (χ0v) is 7.61. The highest BCUT2D eigenvalue weighted by Gasteiger charge is 2.15. The lowest BCUT2D eigenvalue weighted by molar-refractivity contribution is -0.141. The molecule has 0 aliphatic carbocycles. The predicted molar refractivity (Wildman–Crippen MR) is 54.2 cm³/mol. The quantitative estimate of drug-likeness (QED) is 0.354. The Bertz CT molecular complexity index is 220. The van der Waals surface area contributed by atoms with Crippen LogP contribution in [0.3, 0.4) is 0 Å². The number of carbonyl (C=O) groups is 1. The summed E-state index contributed by atoms with van der Waals surface area (Å²) in [5, 5.41) is 0. The molecule has 0 aromatic heterocycles. The first-order valence-electron chi connectivity index (χ1n) is 3.90. The summed E-state index contributed by atoms with van der Waals surface area (Å²) >= 11 is 0. The molecule has 0 amide bonds. The number of hydrogen-bond donors (Lipinski definition) is 0. The van der Waals surface area contributed by atoms with E-state index in [9.17, 15) is 4.79 Å². The molecule has 70 valence electrons. The molecule has 0 rings (SSSR count). The minimum atomic E-state index is -0.474. The van der Waals surface area contributed by atoms with Gasteiger partial charge in [0.05, 0.1) is 0 Å². The maximum atomic E-state index is 10.9. The van der Waals surface area contributed by atoms with Gasteiger partial charge in [0.1, 0.15) is 6.10 Å². The molecule has 0 heterocycles. The molecule has 0 aromatic carbocycles. The molecular formula is C11H14O2. The summed E-state index contributed by atoms with van der Waals surface area (Å²) in [6.07, 6.45) is 5.53. The SMILES string of the molecule is C=CC(=O)OC(C=C)C(C=C)C=C. The monoisotopic (exact) mass is 178 g/mol. The van der Waals surface area contributed by atoms with Crippen LogP contribution in [0.1, 0.15) is 0 Å². The van der Waals surface area contributed by atoms with Crippen molar-refractivity contribution in [2.24, 2.45) is 5.92 Å². The number of rotatable bonds is 6. The van der Waals surface area contributed by atoms with Gasteiger partial charge in [-0.2, -0.15) is 0 Å². The Morgan fingerprint density at radius 2 is 1.62 bits per heavy atom. The molecule has 0 N–H and O–H groups in total. The van der Waals surface area contributed by atoms with Crippen LogP contribution in [-0.4, -0.2) is 12.1 Å². The van der Waals surface area contributed by atoms with Gasteiger partial charge in [-0.3, -0.25) is 0 Å². The first-order chi connectivity index (χ1) is 6.19. The minimum Gasteiger partial charge on any atom is -0.454 e. The summed E-state index contributed by atoms with van der Waals surface area (Å²) in [5.41, 5.74) is 0. The molecule has 0 aromatic rings. The van der Waals surface area contributed by atoms with Crippen LogP contribution in [0.2, 0.25) is 0 Å². The molecule has 0 aliphatic heterocycles. The van der Waals surface area contributed by atoms with Crippen molar-refractivity contribution in [2.45, 2.75) is 6.10 Å². The normalized spacial score (nSPS) is 11.5. The van der Waals surface area contributed by atoms with Crippen molar-refractivity contribution < 1.29 is 9.53 Å². The van der Waals surface area contributed by atoms with Gasteiger partial charge in [-0.05, 0) is 0 Å². The predicted octanol–water partition coefficient (Wildman–Crippen LogP) is 2.26. The van der Waals surface area contributed by atoms with Gasteiger partial charge in [0, 0.05) is 12.0 Å². The van der Waals surface area contributed by atoms with Crippen LogP contribution in [0.4, 0.5) is 0 Å². The zero-order chi connectivity index (χ0) is 10.3. The lowest BCUT2D eigenvalue weighted by atomic mass is 10.0. The van der Waals surface area contributed by atoms with E-state index < -0.39 is 12.1 Å². The minimum absolute atomic E-state index is 0.110. The van der Waals surface area contributed by atoms with Crippen LogP contribution in [0, 0.1) is 5.92 Å². The van der Waals surface area contributed by atoms with Gasteiger partial charge < -0.3 is 4.74 Å². The fourth-order valence-electron chi connectivity index (χ4n) is 0.831. The highest BCUT2D eigenvalue weighted by Crippen LogP contribution is 2.11. The Labute approximate surface area is 78.9 Å². The molecule has 0 saturated carbocycles. The summed E-state index contributed by atoms with van der Waals surface area (Å²) in [5.74, 6) is -0.583. The molecule has 0 spiro atoms. The van der Waals surface area contributed by atoms with Crippen molar-refractivity contribution in [3.8, 4) is 0 Å². The van der Waals surface area contributed by atoms with E-state index in [2.05, 4.69) is 26.3 Å². The lowest BCUT2D eigenvalue weighted by Gasteiger charge is -2.17. The third-order valence-electron chi connectivity index (χ3n) is 1.57. The van der Waals surface area contributed by atoms with E-state index in [1.165, 1.54) is 6.08 Å². The van der Waals surface area contributed by atoms with Crippen molar-refractivity contribution >= 4 is 5.97 Å². The van der Waals surface area contributed by atoms with E-state index in [0.717, 1.165) is 6.08 Å². The van der Waals surface area contributed by atoms with Gasteiger partial charge in [0.15, 0.2) is 0 Å². The van der Waals surface area contributed by atoms with E-state index >= 15 is 0 Å². The summed E-state index contributed by atoms with van der Waals surface area (Å²) in [4.78, 5) is 10.9. The molecule has 0 saturated heterocycles. The number of hydrogen-bond acceptors (Lipinski definition) is 2. The standard InChI is InChI=1S/C11H14O2/c1-5-9(6-2)10(7-3)13-11(12)8-4/h5-10H,1-4H2. The van der Waals surface area contributed by atoms with Gasteiger partial charge in [-0.25, -0.2) is 4.79 Å². The maximum Gasteiger partial charge on any atom is 0.330 e. The highest BCUT2D eigenvalue weighted by atomic mass is 16.5. The Hall–Kier alpha value is -1.57. The van der Waals surface area contributed by atoms with Gasteiger partial charge >= 0.3 is 5.97 Å². The first kappa shape index (κ1) is 11.4. The Morgan fingerprint density at radius 1 is 1.08 bits per heavy atom. The van der Waals surface area contributed by atoms with Crippen LogP contribution in [0.15, 0.2) is 50.6 Å². The molecule has 1 atom stereocenters. The van der Waals surface area contributed by atoms with Crippen molar-refractivity contribution in [1.29, 1.82) is 0 Å². The smallest absolute Gasteiger partial charge is 0.330 e. The summed E-state index contributed by atoms with van der Waals surface area (Å²) in [6.45, 7) is 14.1. The van der Waals surface area contributed by atoms with Crippen LogP contribution in [0.25, 0.3) is 0 Å². The van der Waals surface area contributed by atoms with Gasteiger partial charge in [0.25, 0.3) is 0 Å². The van der Waals surface area contributed by atoms with E-state index in [1.807, 2.05) is 0 Å². The first-order valence-corrected chi connectivity index (χ1v) is 3.90. The Morgan fingerprint density at radius 3 is 1.92 bits per heavy atom. The van der Waals surface area contributed by atoms with Gasteiger partial charge in [-0.1, -0.05) is 31.4 Å². The van der Waals surface area contributed by atoms with Crippen molar-refractivity contribution in [3.63, 3.8) is 0 Å². The Balaban J connectivity index is 4.39. The van der Waals surface area contributed by atoms with Crippen LogP contribution in [0.5, 0.6) is 0 Å². The zero-order valence-electron chi connectivity index (χ0n) is 7.61. The molecule has 2 nitrogen and oxygen atoms in total. The van der Waals surface area contributed by atoms with Crippen molar-refractivity contribution in [1.82, 2.24) is 0 Å². The largest absolute Gasteiger partial charge is 0.454 e. The van der Waals surface area contributed by atoms with Crippen molar-refractivity contribution in [3.05, 3.63) is 50.6 Å². The molecule has 0 fully saturated rings. The van der Waals surface area contributed by atoms with E-state index in [-0.39, 0.29) is 5.92 Å². The van der Waals surface area contributed by atoms with Gasteiger partial charge in [-0.15, -0.1) is 13.2 Å². The molecule has 0 bridgehead atoms. The molecule has 1 unspecified atom stereocenters. The van der Waals surface area contributed by atoms with Gasteiger partial charge in [0.2, 0.25) is 0 Å². The second kappa shape index (κ2) is 6.00. The topological polar surface area (TPSA) is 26.3 Å². The van der Waals surface area contributed by atoms with Crippen LogP contribution in [-0.2, 0) is 9.53 Å². The van der Waals surface area contributed by atoms with E-state index in [1.54, 1.807) is 12.2 Å². The average Bonchev–Trinajstić information content (AvgIpc) is 2.17. The maximum absolute atomic E-state index is 10.9. The molecule has 2 heteroatoms. The summed E-state index contributed by atoms with van der Waals surface area (Å²) in [7, 11) is 0. The summed E-state index contributed by atoms with van der Waals surface area (Å²) in [6, 6.07) is 0. The highest BCUT2D eigenvalue weighted by molar-refractivity contribution is 5.81. The summed E-state index contributed by atoms with van der Waals surface area (Å²) < 4.78 is 4.98. The second-order valence-corrected chi connectivity index (χ2v) is 2.39. The molecule has 13 heavy (non-hydrogen) atoms. The van der Waals surface area contributed by atoms with Crippen molar-refractivity contribution in [2.75, 3.05) is 0 Å². The molecule has 0 aliphatic rings. The third-order valence-corrected chi connectivity index (χ3v) is 1.57. The number of carbonyl (C=O) groups excluding carboxylic acids is 1. The third kappa shape index (κ3) is 3.56.